The van der Waals surface area contributed by atoms with E-state index in [4.69, 9.17) is 42.1 Å². The second-order valence-corrected chi connectivity index (χ2v) is 25.9. The highest BCUT2D eigenvalue weighted by Crippen LogP contribution is 2.44. The Morgan fingerprint density at radius 1 is 0.641 bits per heavy atom. The Morgan fingerprint density at radius 3 is 1.29 bits per heavy atom. The number of H-pyrrole nitrogens is 2. The van der Waals surface area contributed by atoms with E-state index in [2.05, 4.69) is 50.2 Å². The Hall–Kier alpha value is -7.04. The highest BCUT2D eigenvalue weighted by Gasteiger charge is 2.42. The van der Waals surface area contributed by atoms with Crippen LogP contribution >= 0.6 is 23.2 Å². The van der Waals surface area contributed by atoms with E-state index in [1.54, 1.807) is 65.8 Å². The maximum atomic E-state index is 14.0. The fourth-order valence-corrected chi connectivity index (χ4v) is 12.2. The first kappa shape index (κ1) is 58.6. The maximum absolute atomic E-state index is 14.0. The number of carbonyl (C=O) groups is 2. The fraction of sp³-hybridized carbons (Fsp3) is 0.500. The summed E-state index contributed by atoms with van der Waals surface area (Å²) >= 11 is 12.5. The highest BCUT2D eigenvalue weighted by molar-refractivity contribution is 7.93. The molecule has 2 amide bonds. The number of aryl methyl sites for hydroxylation is 2. The fourth-order valence-electron chi connectivity index (χ4n) is 8.33. The Labute approximate surface area is 459 Å². The molecule has 0 saturated carbocycles. The molecule has 26 nitrogen and oxygen atoms in total. The second-order valence-electron chi connectivity index (χ2n) is 21.5. The maximum Gasteiger partial charge on any atom is 0.438 e. The van der Waals surface area contributed by atoms with Crippen LogP contribution in [0.2, 0.25) is 10.3 Å². The quantitative estimate of drug-likeness (QED) is 0.0807. The number of benzene rings is 2. The Bertz CT molecular complexity index is 3300. The van der Waals surface area contributed by atoms with Crippen LogP contribution in [-0.4, -0.2) is 105 Å². The normalized spacial score (nSPS) is 16.0. The molecule has 2 aliphatic rings. The van der Waals surface area contributed by atoms with Crippen molar-refractivity contribution in [1.82, 2.24) is 39.8 Å². The summed E-state index contributed by atoms with van der Waals surface area (Å²) in [5.41, 5.74) is -1.88. The topological polar surface area (TPSA) is 323 Å². The molecule has 4 aromatic heterocycles. The largest absolute Gasteiger partial charge is 0.486 e. The number of halogens is 2. The Balaban J connectivity index is 0.000000226. The van der Waals surface area contributed by atoms with Crippen molar-refractivity contribution in [3.8, 4) is 11.5 Å². The van der Waals surface area contributed by atoms with Crippen LogP contribution in [0, 0.1) is 0 Å². The number of carbonyl (C=O) groups excluding carboxylic acids is 2. The molecule has 8 rings (SSSR count). The summed E-state index contributed by atoms with van der Waals surface area (Å²) in [5, 5.41) is 20.7. The number of hydrogen-bond donors (Lipinski definition) is 4. The molecule has 0 spiro atoms. The van der Waals surface area contributed by atoms with E-state index in [-0.39, 0.29) is 68.9 Å². The van der Waals surface area contributed by atoms with Gasteiger partial charge >= 0.3 is 23.7 Å². The predicted octanol–water partition coefficient (Wildman–Crippen LogP) is 7.81. The van der Waals surface area contributed by atoms with Crippen LogP contribution in [-0.2, 0) is 53.4 Å². The minimum absolute atomic E-state index is 0.0929. The molecule has 0 saturated heterocycles. The number of hydrogen-bond acceptors (Lipinski definition) is 18. The lowest BCUT2D eigenvalue weighted by atomic mass is 9.85. The van der Waals surface area contributed by atoms with Gasteiger partial charge < -0.3 is 18.9 Å². The van der Waals surface area contributed by atoms with Crippen molar-refractivity contribution in [2.45, 2.75) is 153 Å². The van der Waals surface area contributed by atoms with Gasteiger partial charge in [-0.25, -0.2) is 36.0 Å². The summed E-state index contributed by atoms with van der Waals surface area (Å²) in [7, 11) is -8.43. The predicted molar refractivity (Wildman–Crippen MR) is 286 cm³/mol. The lowest BCUT2D eigenvalue weighted by molar-refractivity contribution is 0.0624. The van der Waals surface area contributed by atoms with Crippen molar-refractivity contribution in [3.05, 3.63) is 91.8 Å². The van der Waals surface area contributed by atoms with Gasteiger partial charge in [0.15, 0.2) is 22.0 Å². The van der Waals surface area contributed by atoms with Crippen molar-refractivity contribution in [1.29, 1.82) is 0 Å². The van der Waals surface area contributed by atoms with Crippen LogP contribution in [0.25, 0.3) is 0 Å². The molecule has 0 aliphatic carbocycles. The zero-order chi connectivity index (χ0) is 57.5. The third-order valence-corrected chi connectivity index (χ3v) is 16.2. The molecule has 0 unspecified atom stereocenters. The van der Waals surface area contributed by atoms with Crippen molar-refractivity contribution in [2.75, 3.05) is 32.3 Å². The number of anilines is 4. The average Bonchev–Trinajstić information content (AvgIpc) is 4.18. The van der Waals surface area contributed by atoms with E-state index in [1.807, 2.05) is 41.5 Å². The third kappa shape index (κ3) is 13.6. The molecule has 2 aliphatic heterocycles. The number of rotatable bonds is 14. The smallest absolute Gasteiger partial charge is 0.438 e. The SMILES string of the molecule is CCn1cc(S(=O)(=O)N2C[C@@H](CC(C)(C)c3noc(=O)[nH]3)Oc3ccc(NC(=O)OC(C)(C)C)cc32)c(Cl)n1.CCn1cc(S(=O)(=O)N2C[C@H](CC(C)(C)c3noc(=O)[nH]3)Oc3ccc(NC(=O)OC(C)(C)C)cc32)c(Cl)n1. The molecule has 78 heavy (non-hydrogen) atoms. The van der Waals surface area contributed by atoms with Crippen LogP contribution in [0.4, 0.5) is 32.3 Å². The molecule has 6 aromatic rings. The third-order valence-electron chi connectivity index (χ3n) is 11.9. The van der Waals surface area contributed by atoms with E-state index in [0.29, 0.717) is 36.1 Å². The van der Waals surface area contributed by atoms with Gasteiger partial charge in [-0.1, -0.05) is 61.2 Å². The molecule has 30 heteroatoms. The van der Waals surface area contributed by atoms with Gasteiger partial charge in [0.25, 0.3) is 20.0 Å². The van der Waals surface area contributed by atoms with Crippen LogP contribution in [0.5, 0.6) is 11.5 Å². The molecule has 4 N–H and O–H groups in total. The number of nitrogens with one attached hydrogen (secondary N) is 4. The highest BCUT2D eigenvalue weighted by atomic mass is 35.5. The molecule has 424 valence electrons. The lowest BCUT2D eigenvalue weighted by Crippen LogP contribution is -2.45. The summed E-state index contributed by atoms with van der Waals surface area (Å²) in [6.07, 6.45) is 0.619. The molecular weight excluding hydrogens is 1100 g/mol. The van der Waals surface area contributed by atoms with Crippen LogP contribution in [0.3, 0.4) is 0 Å². The molecule has 0 radical (unpaired) electrons. The van der Waals surface area contributed by atoms with Gasteiger partial charge in [0.2, 0.25) is 0 Å². The van der Waals surface area contributed by atoms with Crippen molar-refractivity contribution in [2.24, 2.45) is 0 Å². The zero-order valence-electron chi connectivity index (χ0n) is 44.9. The van der Waals surface area contributed by atoms with E-state index in [1.165, 1.54) is 42.5 Å². The summed E-state index contributed by atoms with van der Waals surface area (Å²) in [4.78, 5) is 52.5. The van der Waals surface area contributed by atoms with Gasteiger partial charge in [0, 0.05) is 47.7 Å². The molecule has 2 aromatic carbocycles. The minimum Gasteiger partial charge on any atom is -0.486 e. The van der Waals surface area contributed by atoms with Crippen LogP contribution < -0.4 is 40.2 Å². The van der Waals surface area contributed by atoms with Crippen molar-refractivity contribution in [3.63, 3.8) is 0 Å². The van der Waals surface area contributed by atoms with E-state index >= 15 is 0 Å². The van der Waals surface area contributed by atoms with Gasteiger partial charge in [-0.15, -0.1) is 0 Å². The van der Waals surface area contributed by atoms with E-state index in [0.717, 1.165) is 0 Å². The van der Waals surface area contributed by atoms with E-state index in [9.17, 15) is 36.0 Å². The molecule has 2 atom stereocenters. The van der Waals surface area contributed by atoms with Gasteiger partial charge in [-0.2, -0.15) is 10.2 Å². The molecule has 0 bridgehead atoms. The molecule has 0 fully saturated rings. The standard InChI is InChI=1S/2C24H31ClN6O7S/c2*1-7-30-13-18(19(25)28-30)39(34,35)31-12-15(11-24(5,6)20-27-22(33)38-29-20)36-17-9-8-14(10-16(17)31)26-21(32)37-23(2,3)4/h2*8-10,13,15H,7,11-12H2,1-6H3,(H,26,32)(H,27,29,33)/t2*15-/m10/s1. The number of fused-ring (bicyclic) bond motifs is 2. The minimum atomic E-state index is -4.22. The van der Waals surface area contributed by atoms with Crippen LogP contribution in [0.15, 0.2) is 77.2 Å². The first-order chi connectivity index (χ1) is 36.2. The monoisotopic (exact) mass is 1160 g/mol. The number of nitrogens with zero attached hydrogens (tertiary/aromatic N) is 8. The van der Waals surface area contributed by atoms with Gasteiger partial charge in [0.1, 0.15) is 44.7 Å². The molecular formula is C48H62Cl2N12O14S2. The number of ether oxygens (including phenoxy) is 4. The van der Waals surface area contributed by atoms with Gasteiger partial charge in [-0.05, 0) is 105 Å². The first-order valence-electron chi connectivity index (χ1n) is 24.4. The number of amides is 2. The second kappa shape index (κ2) is 22.0. The summed E-state index contributed by atoms with van der Waals surface area (Å²) in [6.45, 7) is 22.0. The van der Waals surface area contributed by atoms with E-state index < -0.39 is 78.0 Å². The summed E-state index contributed by atoms with van der Waals surface area (Å²) in [5.74, 6) is -0.225. The van der Waals surface area contributed by atoms with Crippen molar-refractivity contribution < 1.29 is 54.4 Å². The zero-order valence-corrected chi connectivity index (χ0v) is 48.0. The lowest BCUT2D eigenvalue weighted by Gasteiger charge is -2.38. The average molecular weight is 1170 g/mol. The van der Waals surface area contributed by atoms with Crippen LogP contribution in [0.1, 0.15) is 108 Å². The number of sulfonamides is 2. The number of aromatic nitrogens is 8. The summed E-state index contributed by atoms with van der Waals surface area (Å²) < 4.78 is 93.4. The molecule has 6 heterocycles. The number of aromatic amines is 2. The summed E-state index contributed by atoms with van der Waals surface area (Å²) in [6, 6.07) is 9.28. The van der Waals surface area contributed by atoms with Gasteiger partial charge in [0.05, 0.1) is 24.5 Å². The van der Waals surface area contributed by atoms with Gasteiger partial charge in [-0.3, -0.25) is 47.6 Å². The Morgan fingerprint density at radius 2 is 1.00 bits per heavy atom. The first-order valence-corrected chi connectivity index (χ1v) is 28.1. The Kier molecular flexibility index (Phi) is 16.5. The van der Waals surface area contributed by atoms with Crippen molar-refractivity contribution >= 4 is 78.2 Å².